The van der Waals surface area contributed by atoms with Gasteiger partial charge in [0.2, 0.25) is 5.95 Å². The molecule has 2 aromatic carbocycles. The molecule has 2 heterocycles. The van der Waals surface area contributed by atoms with Crippen LogP contribution in [-0.2, 0) is 0 Å². The Balaban J connectivity index is 1.76. The standard InChI is InChI=1S/C24H19ClFN7O/c1-29-20-21(27)31-24(28)32-22(20)30-19(12-5-6-12)17-11-13-3-2-4-16(25)18(13)23(34)33(17)15-9-7-14(26)8-10-15/h2-4,7-12,19H,5-6H2,(H5,27,28,30,31,32)/t19-/m0/s1. The third-order valence-electron chi connectivity index (χ3n) is 5.85. The first-order valence-electron chi connectivity index (χ1n) is 10.5. The van der Waals surface area contributed by atoms with Gasteiger partial charge in [-0.05, 0) is 60.5 Å². The molecule has 0 spiro atoms. The summed E-state index contributed by atoms with van der Waals surface area (Å²) in [5.74, 6) is -0.147. The summed E-state index contributed by atoms with van der Waals surface area (Å²) in [5.41, 5.74) is 12.5. The van der Waals surface area contributed by atoms with Gasteiger partial charge in [-0.1, -0.05) is 23.7 Å². The molecule has 4 aromatic rings. The van der Waals surface area contributed by atoms with Crippen molar-refractivity contribution < 1.29 is 4.39 Å². The van der Waals surface area contributed by atoms with Crippen LogP contribution in [-0.4, -0.2) is 14.5 Å². The first kappa shape index (κ1) is 21.7. The van der Waals surface area contributed by atoms with Crippen molar-refractivity contribution in [3.8, 4) is 5.69 Å². The summed E-state index contributed by atoms with van der Waals surface area (Å²) in [5, 5.41) is 4.66. The zero-order chi connectivity index (χ0) is 24.0. The van der Waals surface area contributed by atoms with Crippen molar-refractivity contribution in [1.82, 2.24) is 14.5 Å². The van der Waals surface area contributed by atoms with Gasteiger partial charge in [0, 0.05) is 11.4 Å². The van der Waals surface area contributed by atoms with Crippen LogP contribution in [0.15, 0.2) is 53.3 Å². The number of anilines is 3. The Hall–Kier alpha value is -4.16. The Morgan fingerprint density at radius 2 is 1.91 bits per heavy atom. The van der Waals surface area contributed by atoms with E-state index in [1.165, 1.54) is 28.8 Å². The monoisotopic (exact) mass is 475 g/mol. The topological polar surface area (TPSA) is 116 Å². The van der Waals surface area contributed by atoms with Gasteiger partial charge in [-0.25, -0.2) is 19.2 Å². The van der Waals surface area contributed by atoms with E-state index in [1.807, 2.05) is 12.1 Å². The second-order valence-electron chi connectivity index (χ2n) is 8.13. The lowest BCUT2D eigenvalue weighted by molar-refractivity contribution is 0.623. The SMILES string of the molecule is [C-]#[N+]c1c(N)nc(N)nc1N[C@H](c1cc2cccc(Cl)c2c(=O)n1-c1ccc(F)cc1)C1CC1. The Morgan fingerprint density at radius 1 is 1.18 bits per heavy atom. The Kier molecular flexibility index (Phi) is 5.30. The van der Waals surface area contributed by atoms with E-state index in [0.717, 1.165) is 12.8 Å². The summed E-state index contributed by atoms with van der Waals surface area (Å²) in [6.07, 6.45) is 1.82. The number of fused-ring (bicyclic) bond motifs is 1. The van der Waals surface area contributed by atoms with Gasteiger partial charge in [0.25, 0.3) is 11.2 Å². The van der Waals surface area contributed by atoms with Gasteiger partial charge >= 0.3 is 0 Å². The van der Waals surface area contributed by atoms with Crippen molar-refractivity contribution in [2.75, 3.05) is 16.8 Å². The largest absolute Gasteiger partial charge is 0.392 e. The minimum absolute atomic E-state index is 0.0271. The van der Waals surface area contributed by atoms with E-state index < -0.39 is 11.9 Å². The quantitative estimate of drug-likeness (QED) is 0.355. The molecule has 34 heavy (non-hydrogen) atoms. The van der Waals surface area contributed by atoms with Gasteiger partial charge in [0.15, 0.2) is 0 Å². The molecule has 0 bridgehead atoms. The summed E-state index contributed by atoms with van der Waals surface area (Å²) < 4.78 is 15.2. The maximum Gasteiger partial charge on any atom is 0.268 e. The number of hydrogen-bond donors (Lipinski definition) is 3. The van der Waals surface area contributed by atoms with Gasteiger partial charge in [0.05, 0.1) is 23.0 Å². The summed E-state index contributed by atoms with van der Waals surface area (Å²) >= 11 is 6.39. The second kappa shape index (κ2) is 8.32. The van der Waals surface area contributed by atoms with E-state index in [9.17, 15) is 9.18 Å². The first-order chi connectivity index (χ1) is 16.4. The fourth-order valence-electron chi connectivity index (χ4n) is 4.14. The maximum atomic E-state index is 13.7. The average Bonchev–Trinajstić information content (AvgIpc) is 3.63. The normalized spacial score (nSPS) is 14.0. The van der Waals surface area contributed by atoms with Gasteiger partial charge in [0.1, 0.15) is 17.5 Å². The van der Waals surface area contributed by atoms with Crippen molar-refractivity contribution in [3.63, 3.8) is 0 Å². The molecule has 1 aliphatic rings. The van der Waals surface area contributed by atoms with E-state index in [1.54, 1.807) is 12.1 Å². The summed E-state index contributed by atoms with van der Waals surface area (Å²) in [6.45, 7) is 7.51. The fourth-order valence-corrected chi connectivity index (χ4v) is 4.40. The molecule has 1 atom stereocenters. The van der Waals surface area contributed by atoms with Crippen LogP contribution < -0.4 is 22.3 Å². The molecule has 1 saturated carbocycles. The number of nitrogens with one attached hydrogen (secondary N) is 1. The first-order valence-corrected chi connectivity index (χ1v) is 10.9. The van der Waals surface area contributed by atoms with Crippen LogP contribution >= 0.6 is 11.6 Å². The molecule has 0 unspecified atom stereocenters. The molecule has 0 aliphatic heterocycles. The highest BCUT2D eigenvalue weighted by Crippen LogP contribution is 2.45. The zero-order valence-electron chi connectivity index (χ0n) is 17.8. The fraction of sp³-hybridized carbons (Fsp3) is 0.167. The van der Waals surface area contributed by atoms with Crippen molar-refractivity contribution in [1.29, 1.82) is 0 Å². The van der Waals surface area contributed by atoms with E-state index in [2.05, 4.69) is 20.1 Å². The lowest BCUT2D eigenvalue weighted by Crippen LogP contribution is -2.28. The molecule has 2 aromatic heterocycles. The van der Waals surface area contributed by atoms with Crippen LogP contribution in [0.1, 0.15) is 24.6 Å². The van der Waals surface area contributed by atoms with Crippen LogP contribution in [0.2, 0.25) is 5.02 Å². The summed E-state index contributed by atoms with van der Waals surface area (Å²) in [4.78, 5) is 25.3. The molecule has 1 aliphatic carbocycles. The van der Waals surface area contributed by atoms with Crippen molar-refractivity contribution in [2.24, 2.45) is 5.92 Å². The molecule has 0 saturated heterocycles. The highest BCUT2D eigenvalue weighted by molar-refractivity contribution is 6.35. The van der Waals surface area contributed by atoms with Crippen LogP contribution in [0.3, 0.4) is 0 Å². The highest BCUT2D eigenvalue weighted by atomic mass is 35.5. The number of halogens is 2. The van der Waals surface area contributed by atoms with E-state index in [-0.39, 0.29) is 34.7 Å². The number of aromatic nitrogens is 3. The Morgan fingerprint density at radius 3 is 2.59 bits per heavy atom. The van der Waals surface area contributed by atoms with Crippen LogP contribution in [0.5, 0.6) is 0 Å². The number of nitrogens with two attached hydrogens (primary N) is 2. The molecule has 5 N–H and O–H groups in total. The minimum Gasteiger partial charge on any atom is -0.392 e. The van der Waals surface area contributed by atoms with Crippen molar-refractivity contribution in [3.05, 3.63) is 86.8 Å². The van der Waals surface area contributed by atoms with Gasteiger partial charge in [-0.15, -0.1) is 0 Å². The molecule has 5 rings (SSSR count). The third-order valence-corrected chi connectivity index (χ3v) is 6.17. The maximum absolute atomic E-state index is 13.7. The van der Waals surface area contributed by atoms with Crippen molar-refractivity contribution >= 4 is 45.6 Å². The van der Waals surface area contributed by atoms with Crippen LogP contribution in [0.25, 0.3) is 21.3 Å². The Bertz CT molecular complexity index is 1520. The van der Waals surface area contributed by atoms with Crippen LogP contribution in [0.4, 0.5) is 27.7 Å². The predicted octanol–water partition coefficient (Wildman–Crippen LogP) is 4.85. The van der Waals surface area contributed by atoms with E-state index in [4.69, 9.17) is 29.6 Å². The third kappa shape index (κ3) is 3.78. The molecule has 170 valence electrons. The second-order valence-corrected chi connectivity index (χ2v) is 8.53. The number of nitrogens with zero attached hydrogens (tertiary/aromatic N) is 4. The number of pyridine rings is 1. The van der Waals surface area contributed by atoms with E-state index >= 15 is 0 Å². The Labute approximate surface area is 198 Å². The summed E-state index contributed by atoms with van der Waals surface area (Å²) in [6, 6.07) is 12.4. The van der Waals surface area contributed by atoms with Gasteiger partial charge < -0.3 is 16.8 Å². The average molecular weight is 476 g/mol. The number of nitrogen functional groups attached to an aromatic ring is 2. The number of benzene rings is 2. The van der Waals surface area contributed by atoms with E-state index in [0.29, 0.717) is 27.2 Å². The number of rotatable bonds is 5. The smallest absolute Gasteiger partial charge is 0.268 e. The molecular formula is C24H19ClFN7O. The predicted molar refractivity (Wildman–Crippen MR) is 131 cm³/mol. The molecule has 0 amide bonds. The zero-order valence-corrected chi connectivity index (χ0v) is 18.6. The van der Waals surface area contributed by atoms with Crippen LogP contribution in [0, 0.1) is 18.3 Å². The lowest BCUT2D eigenvalue weighted by Gasteiger charge is -2.25. The summed E-state index contributed by atoms with van der Waals surface area (Å²) in [7, 11) is 0. The molecular weight excluding hydrogens is 457 g/mol. The molecule has 1 fully saturated rings. The van der Waals surface area contributed by atoms with Gasteiger partial charge in [-0.3, -0.25) is 9.36 Å². The highest BCUT2D eigenvalue weighted by Gasteiger charge is 2.36. The minimum atomic E-state index is -0.414. The molecule has 0 radical (unpaired) electrons. The number of hydrogen-bond acceptors (Lipinski definition) is 6. The molecule has 10 heteroatoms. The van der Waals surface area contributed by atoms with Gasteiger partial charge in [-0.2, -0.15) is 0 Å². The van der Waals surface area contributed by atoms with Crippen molar-refractivity contribution in [2.45, 2.75) is 18.9 Å². The molecule has 8 nitrogen and oxygen atoms in total. The lowest BCUT2D eigenvalue weighted by atomic mass is 10.0.